The Morgan fingerprint density at radius 1 is 1.22 bits per heavy atom. The number of aryl methyl sites for hydroxylation is 1. The van der Waals surface area contributed by atoms with Crippen LogP contribution in [0.1, 0.15) is 29.9 Å². The molecule has 27 heavy (non-hydrogen) atoms. The minimum Gasteiger partial charge on any atom is -0.452 e. The Balaban J connectivity index is 1.87. The molecule has 7 heteroatoms. The molecule has 140 valence electrons. The number of hydrogen-bond acceptors (Lipinski definition) is 6. The lowest BCUT2D eigenvalue weighted by Gasteiger charge is -2.09. The second kappa shape index (κ2) is 7.99. The highest BCUT2D eigenvalue weighted by atomic mass is 16.5. The molecule has 0 aliphatic carbocycles. The van der Waals surface area contributed by atoms with Crippen LogP contribution in [0.15, 0.2) is 40.9 Å². The lowest BCUT2D eigenvalue weighted by atomic mass is 10.1. The second-order valence-electron chi connectivity index (χ2n) is 6.64. The van der Waals surface area contributed by atoms with Gasteiger partial charge in [-0.25, -0.2) is 9.78 Å². The fraction of sp³-hybridized carbons (Fsp3) is 0.300. The van der Waals surface area contributed by atoms with Gasteiger partial charge in [0.05, 0.1) is 22.3 Å². The van der Waals surface area contributed by atoms with Gasteiger partial charge in [-0.3, -0.25) is 4.79 Å². The molecule has 2 heterocycles. The summed E-state index contributed by atoms with van der Waals surface area (Å²) in [6.07, 6.45) is 0. The summed E-state index contributed by atoms with van der Waals surface area (Å²) in [5.41, 5.74) is 2.46. The van der Waals surface area contributed by atoms with Gasteiger partial charge in [-0.2, -0.15) is 0 Å². The quantitative estimate of drug-likeness (QED) is 0.673. The highest BCUT2D eigenvalue weighted by molar-refractivity contribution is 6.04. The Labute approximate surface area is 156 Å². The minimum atomic E-state index is -0.620. The number of hydrogen-bond donors (Lipinski definition) is 1. The average Bonchev–Trinajstić information content (AvgIpc) is 3.05. The normalized spacial score (nSPS) is 11.0. The van der Waals surface area contributed by atoms with Crippen LogP contribution in [-0.2, 0) is 9.53 Å². The number of carbonyl (C=O) groups excluding carboxylic acids is 2. The zero-order valence-electron chi connectivity index (χ0n) is 15.5. The lowest BCUT2D eigenvalue weighted by Crippen LogP contribution is -2.31. The van der Waals surface area contributed by atoms with Crippen molar-refractivity contribution in [3.8, 4) is 11.3 Å². The summed E-state index contributed by atoms with van der Waals surface area (Å²) in [4.78, 5) is 28.9. The van der Waals surface area contributed by atoms with Crippen LogP contribution in [0.4, 0.5) is 0 Å². The van der Waals surface area contributed by atoms with Crippen LogP contribution in [0.5, 0.6) is 0 Å². The Morgan fingerprint density at radius 2 is 1.96 bits per heavy atom. The molecule has 7 nitrogen and oxygen atoms in total. The van der Waals surface area contributed by atoms with E-state index in [4.69, 9.17) is 9.26 Å². The molecular formula is C20H21N3O4. The Kier molecular flexibility index (Phi) is 5.49. The first-order chi connectivity index (χ1) is 13.0. The van der Waals surface area contributed by atoms with E-state index in [1.807, 2.05) is 44.2 Å². The monoisotopic (exact) mass is 367 g/mol. The van der Waals surface area contributed by atoms with Crippen LogP contribution in [0.25, 0.3) is 22.4 Å². The van der Waals surface area contributed by atoms with Gasteiger partial charge in [0.25, 0.3) is 11.6 Å². The summed E-state index contributed by atoms with van der Waals surface area (Å²) in [6, 6.07) is 11.0. The van der Waals surface area contributed by atoms with E-state index in [9.17, 15) is 9.59 Å². The number of rotatable bonds is 6. The van der Waals surface area contributed by atoms with Crippen molar-refractivity contribution in [2.24, 2.45) is 5.92 Å². The molecule has 0 bridgehead atoms. The number of pyridine rings is 1. The average molecular weight is 367 g/mol. The molecule has 0 fully saturated rings. The molecule has 0 spiro atoms. The van der Waals surface area contributed by atoms with Crippen LogP contribution in [0, 0.1) is 12.8 Å². The third-order valence-corrected chi connectivity index (χ3v) is 3.95. The third kappa shape index (κ3) is 4.31. The zero-order valence-corrected chi connectivity index (χ0v) is 15.5. The molecule has 0 saturated carbocycles. The number of esters is 1. The van der Waals surface area contributed by atoms with Crippen molar-refractivity contribution in [3.05, 3.63) is 47.7 Å². The minimum absolute atomic E-state index is 0.255. The first kappa shape index (κ1) is 18.6. The van der Waals surface area contributed by atoms with Gasteiger partial charge >= 0.3 is 5.97 Å². The van der Waals surface area contributed by atoms with Gasteiger partial charge in [-0.05, 0) is 18.9 Å². The zero-order chi connectivity index (χ0) is 19.4. The van der Waals surface area contributed by atoms with Crippen LogP contribution in [0.3, 0.4) is 0 Å². The molecule has 0 aliphatic heterocycles. The van der Waals surface area contributed by atoms with Gasteiger partial charge in [0, 0.05) is 12.1 Å². The fourth-order valence-corrected chi connectivity index (χ4v) is 2.59. The van der Waals surface area contributed by atoms with E-state index in [2.05, 4.69) is 15.5 Å². The van der Waals surface area contributed by atoms with Crippen LogP contribution in [-0.4, -0.2) is 35.2 Å². The number of amides is 1. The molecule has 1 N–H and O–H groups in total. The SMILES string of the molecule is Cc1noc2nc(-c3ccccc3)cc(C(=O)OCC(=O)NCC(C)C)c12. The largest absolute Gasteiger partial charge is 0.452 e. The summed E-state index contributed by atoms with van der Waals surface area (Å²) in [5, 5.41) is 7.09. The number of ether oxygens (including phenoxy) is 1. The van der Waals surface area contributed by atoms with Crippen molar-refractivity contribution in [1.29, 1.82) is 0 Å². The van der Waals surface area contributed by atoms with E-state index in [0.29, 0.717) is 29.2 Å². The molecule has 0 saturated heterocycles. The van der Waals surface area contributed by atoms with E-state index in [0.717, 1.165) is 5.56 Å². The lowest BCUT2D eigenvalue weighted by molar-refractivity contribution is -0.124. The molecule has 0 aliphatic rings. The van der Waals surface area contributed by atoms with E-state index in [1.54, 1.807) is 13.0 Å². The van der Waals surface area contributed by atoms with Crippen LogP contribution >= 0.6 is 0 Å². The summed E-state index contributed by atoms with van der Waals surface area (Å²) in [7, 11) is 0. The summed E-state index contributed by atoms with van der Waals surface area (Å²) >= 11 is 0. The van der Waals surface area contributed by atoms with Crippen LogP contribution in [0.2, 0.25) is 0 Å². The molecule has 0 unspecified atom stereocenters. The highest BCUT2D eigenvalue weighted by Gasteiger charge is 2.21. The molecular weight excluding hydrogens is 346 g/mol. The highest BCUT2D eigenvalue weighted by Crippen LogP contribution is 2.27. The maximum absolute atomic E-state index is 12.6. The summed E-state index contributed by atoms with van der Waals surface area (Å²) in [6.45, 7) is 5.88. The van der Waals surface area contributed by atoms with Crippen molar-refractivity contribution in [3.63, 3.8) is 0 Å². The van der Waals surface area contributed by atoms with Crippen molar-refractivity contribution >= 4 is 23.0 Å². The van der Waals surface area contributed by atoms with Gasteiger partial charge in [0.15, 0.2) is 6.61 Å². The molecule has 1 amide bonds. The molecule has 3 aromatic rings. The summed E-state index contributed by atoms with van der Waals surface area (Å²) in [5.74, 6) is -0.643. The number of benzene rings is 1. The Morgan fingerprint density at radius 3 is 2.67 bits per heavy atom. The molecule has 3 rings (SSSR count). The van der Waals surface area contributed by atoms with E-state index < -0.39 is 5.97 Å². The van der Waals surface area contributed by atoms with Gasteiger partial charge in [-0.1, -0.05) is 49.3 Å². The molecule has 0 atom stereocenters. The van der Waals surface area contributed by atoms with E-state index in [1.165, 1.54) is 0 Å². The predicted molar refractivity (Wildman–Crippen MR) is 100 cm³/mol. The number of nitrogens with zero attached hydrogens (tertiary/aromatic N) is 2. The van der Waals surface area contributed by atoms with Crippen molar-refractivity contribution < 1.29 is 18.8 Å². The maximum atomic E-state index is 12.6. The van der Waals surface area contributed by atoms with E-state index >= 15 is 0 Å². The molecule has 2 aromatic heterocycles. The summed E-state index contributed by atoms with van der Waals surface area (Å²) < 4.78 is 10.4. The first-order valence-electron chi connectivity index (χ1n) is 8.72. The Hall–Kier alpha value is -3.22. The topological polar surface area (TPSA) is 94.3 Å². The fourth-order valence-electron chi connectivity index (χ4n) is 2.59. The number of carbonyl (C=O) groups is 2. The van der Waals surface area contributed by atoms with Crippen LogP contribution < -0.4 is 5.32 Å². The maximum Gasteiger partial charge on any atom is 0.339 e. The molecule has 0 radical (unpaired) electrons. The first-order valence-corrected chi connectivity index (χ1v) is 8.72. The molecule has 1 aromatic carbocycles. The second-order valence-corrected chi connectivity index (χ2v) is 6.64. The van der Waals surface area contributed by atoms with Crippen molar-refractivity contribution in [2.45, 2.75) is 20.8 Å². The smallest absolute Gasteiger partial charge is 0.339 e. The van der Waals surface area contributed by atoms with Crippen molar-refractivity contribution in [2.75, 3.05) is 13.2 Å². The van der Waals surface area contributed by atoms with Gasteiger partial charge in [0.1, 0.15) is 0 Å². The Bertz CT molecular complexity index is 964. The number of aromatic nitrogens is 2. The van der Waals surface area contributed by atoms with Gasteiger partial charge in [0.2, 0.25) is 0 Å². The number of nitrogens with one attached hydrogen (secondary N) is 1. The standard InChI is InChI=1S/C20H21N3O4/c1-12(2)10-21-17(24)11-26-20(25)15-9-16(14-7-5-4-6-8-14)22-19-18(15)13(3)23-27-19/h4-9,12H,10-11H2,1-3H3,(H,21,24). The van der Waals surface area contributed by atoms with E-state index in [-0.39, 0.29) is 23.8 Å². The number of fused-ring (bicyclic) bond motifs is 1. The predicted octanol–water partition coefficient (Wildman–Crippen LogP) is 3.13. The van der Waals surface area contributed by atoms with Crippen molar-refractivity contribution in [1.82, 2.24) is 15.5 Å². The van der Waals surface area contributed by atoms with Gasteiger partial charge < -0.3 is 14.6 Å². The van der Waals surface area contributed by atoms with Gasteiger partial charge in [-0.15, -0.1) is 0 Å². The third-order valence-electron chi connectivity index (χ3n) is 3.95.